The molecule has 0 aromatic rings. The fraction of sp³-hybridized carbons (Fsp3) is 0.889. The van der Waals surface area contributed by atoms with Crippen LogP contribution in [0.15, 0.2) is 4.99 Å². The molecule has 2 heteroatoms. The third-order valence-corrected chi connectivity index (χ3v) is 2.60. The third kappa shape index (κ3) is 1.55. The van der Waals surface area contributed by atoms with Crippen LogP contribution >= 0.6 is 0 Å². The Balaban J connectivity index is 1.95. The Hall–Kier alpha value is -0.530. The minimum Gasteiger partial charge on any atom is -0.360 e. The van der Waals surface area contributed by atoms with E-state index in [1.165, 1.54) is 37.9 Å². The van der Waals surface area contributed by atoms with Gasteiger partial charge < -0.3 is 4.90 Å². The molecule has 2 rings (SSSR count). The lowest BCUT2D eigenvalue weighted by atomic mass is 10.1. The van der Waals surface area contributed by atoms with Gasteiger partial charge in [0, 0.05) is 26.1 Å². The molecule has 0 radical (unpaired) electrons. The fourth-order valence-corrected chi connectivity index (χ4v) is 1.64. The first kappa shape index (κ1) is 7.14. The SMILES string of the molecule is CN(C1=NCCCC1)C1CC1. The summed E-state index contributed by atoms with van der Waals surface area (Å²) in [5.74, 6) is 1.36. The van der Waals surface area contributed by atoms with Crippen LogP contribution in [0.2, 0.25) is 0 Å². The van der Waals surface area contributed by atoms with Crippen molar-refractivity contribution in [3.8, 4) is 0 Å². The largest absolute Gasteiger partial charge is 0.360 e. The van der Waals surface area contributed by atoms with Crippen molar-refractivity contribution >= 4 is 5.84 Å². The van der Waals surface area contributed by atoms with Gasteiger partial charge in [-0.25, -0.2) is 0 Å². The Morgan fingerprint density at radius 1 is 1.36 bits per heavy atom. The second-order valence-electron chi connectivity index (χ2n) is 3.60. The normalized spacial score (nSPS) is 24.6. The zero-order valence-corrected chi connectivity index (χ0v) is 7.21. The molecular weight excluding hydrogens is 136 g/mol. The molecule has 2 aliphatic rings. The van der Waals surface area contributed by atoms with Gasteiger partial charge in [0.1, 0.15) is 0 Å². The van der Waals surface area contributed by atoms with E-state index in [0.29, 0.717) is 0 Å². The van der Waals surface area contributed by atoms with Crippen molar-refractivity contribution in [2.45, 2.75) is 38.1 Å². The summed E-state index contributed by atoms with van der Waals surface area (Å²) in [5.41, 5.74) is 0. The molecule has 0 atom stereocenters. The molecule has 0 amide bonds. The maximum absolute atomic E-state index is 4.53. The van der Waals surface area contributed by atoms with Gasteiger partial charge in [0.05, 0.1) is 5.84 Å². The molecule has 0 saturated heterocycles. The van der Waals surface area contributed by atoms with Gasteiger partial charge in [-0.05, 0) is 25.7 Å². The molecule has 62 valence electrons. The molecule has 1 aliphatic heterocycles. The summed E-state index contributed by atoms with van der Waals surface area (Å²) in [5, 5.41) is 0. The number of nitrogens with zero attached hydrogens (tertiary/aromatic N) is 2. The predicted molar refractivity (Wildman–Crippen MR) is 46.9 cm³/mol. The summed E-state index contributed by atoms with van der Waals surface area (Å²) in [6, 6.07) is 0.840. The van der Waals surface area contributed by atoms with E-state index in [4.69, 9.17) is 0 Å². The highest BCUT2D eigenvalue weighted by atomic mass is 15.2. The Morgan fingerprint density at radius 3 is 2.73 bits per heavy atom. The van der Waals surface area contributed by atoms with E-state index in [0.717, 1.165) is 12.6 Å². The molecular formula is C9H16N2. The molecule has 1 saturated carbocycles. The van der Waals surface area contributed by atoms with E-state index in [-0.39, 0.29) is 0 Å². The van der Waals surface area contributed by atoms with Gasteiger partial charge in [0.2, 0.25) is 0 Å². The van der Waals surface area contributed by atoms with Crippen LogP contribution in [0.5, 0.6) is 0 Å². The number of hydrogen-bond acceptors (Lipinski definition) is 2. The maximum atomic E-state index is 4.53. The van der Waals surface area contributed by atoms with Crippen LogP contribution in [-0.4, -0.2) is 30.4 Å². The fourth-order valence-electron chi connectivity index (χ4n) is 1.64. The van der Waals surface area contributed by atoms with Gasteiger partial charge in [-0.15, -0.1) is 0 Å². The van der Waals surface area contributed by atoms with Gasteiger partial charge >= 0.3 is 0 Å². The smallest absolute Gasteiger partial charge is 0.0988 e. The number of aliphatic imine (C=N–C) groups is 1. The van der Waals surface area contributed by atoms with Gasteiger partial charge in [-0.2, -0.15) is 0 Å². The van der Waals surface area contributed by atoms with E-state index in [2.05, 4.69) is 16.9 Å². The summed E-state index contributed by atoms with van der Waals surface area (Å²) in [7, 11) is 2.20. The zero-order chi connectivity index (χ0) is 7.68. The topological polar surface area (TPSA) is 15.6 Å². The van der Waals surface area contributed by atoms with Gasteiger partial charge in [-0.3, -0.25) is 4.99 Å². The van der Waals surface area contributed by atoms with Gasteiger partial charge in [0.25, 0.3) is 0 Å². The molecule has 11 heavy (non-hydrogen) atoms. The van der Waals surface area contributed by atoms with Crippen LogP contribution in [-0.2, 0) is 0 Å². The molecule has 1 heterocycles. The van der Waals surface area contributed by atoms with Crippen LogP contribution in [0.3, 0.4) is 0 Å². The summed E-state index contributed by atoms with van der Waals surface area (Å²) in [4.78, 5) is 6.92. The van der Waals surface area contributed by atoms with E-state index in [1.54, 1.807) is 0 Å². The number of rotatable bonds is 1. The average molecular weight is 152 g/mol. The molecule has 0 N–H and O–H groups in total. The Morgan fingerprint density at radius 2 is 2.18 bits per heavy atom. The van der Waals surface area contributed by atoms with Crippen LogP contribution < -0.4 is 0 Å². The monoisotopic (exact) mass is 152 g/mol. The van der Waals surface area contributed by atoms with Crippen LogP contribution in [0, 0.1) is 0 Å². The predicted octanol–water partition coefficient (Wildman–Crippen LogP) is 1.66. The van der Waals surface area contributed by atoms with Crippen molar-refractivity contribution in [2.24, 2.45) is 4.99 Å². The lowest BCUT2D eigenvalue weighted by Gasteiger charge is -2.23. The van der Waals surface area contributed by atoms with Crippen LogP contribution in [0.25, 0.3) is 0 Å². The van der Waals surface area contributed by atoms with Crippen molar-refractivity contribution in [3.63, 3.8) is 0 Å². The van der Waals surface area contributed by atoms with Gasteiger partial charge in [-0.1, -0.05) is 0 Å². The van der Waals surface area contributed by atoms with E-state index < -0.39 is 0 Å². The van der Waals surface area contributed by atoms with Crippen molar-refractivity contribution < 1.29 is 0 Å². The second-order valence-corrected chi connectivity index (χ2v) is 3.60. The highest BCUT2D eigenvalue weighted by molar-refractivity contribution is 5.83. The van der Waals surface area contributed by atoms with E-state index in [1.807, 2.05) is 0 Å². The number of amidine groups is 1. The van der Waals surface area contributed by atoms with E-state index in [9.17, 15) is 0 Å². The summed E-state index contributed by atoms with van der Waals surface area (Å²) in [6.45, 7) is 1.06. The molecule has 0 bridgehead atoms. The molecule has 0 unspecified atom stereocenters. The standard InChI is InChI=1S/C9H16N2/c1-11(8-5-6-8)9-4-2-3-7-10-9/h8H,2-7H2,1H3. The first-order valence-corrected chi connectivity index (χ1v) is 4.64. The Kier molecular flexibility index (Phi) is 1.84. The highest BCUT2D eigenvalue weighted by Crippen LogP contribution is 2.27. The average Bonchev–Trinajstić information content (AvgIpc) is 2.87. The van der Waals surface area contributed by atoms with Crippen molar-refractivity contribution in [2.75, 3.05) is 13.6 Å². The molecule has 0 aromatic carbocycles. The second kappa shape index (κ2) is 2.84. The Bertz CT molecular complexity index is 170. The lowest BCUT2D eigenvalue weighted by Crippen LogP contribution is -2.30. The van der Waals surface area contributed by atoms with Crippen LogP contribution in [0.1, 0.15) is 32.1 Å². The van der Waals surface area contributed by atoms with Gasteiger partial charge in [0.15, 0.2) is 0 Å². The Labute approximate surface area is 68.3 Å². The number of hydrogen-bond donors (Lipinski definition) is 0. The van der Waals surface area contributed by atoms with Crippen molar-refractivity contribution in [1.82, 2.24) is 4.90 Å². The van der Waals surface area contributed by atoms with Crippen molar-refractivity contribution in [3.05, 3.63) is 0 Å². The molecule has 2 nitrogen and oxygen atoms in total. The molecule has 0 aromatic heterocycles. The van der Waals surface area contributed by atoms with Crippen LogP contribution in [0.4, 0.5) is 0 Å². The third-order valence-electron chi connectivity index (χ3n) is 2.60. The summed E-state index contributed by atoms with van der Waals surface area (Å²) >= 11 is 0. The molecule has 1 aliphatic carbocycles. The van der Waals surface area contributed by atoms with Crippen molar-refractivity contribution in [1.29, 1.82) is 0 Å². The quantitative estimate of drug-likeness (QED) is 0.558. The summed E-state index contributed by atoms with van der Waals surface area (Å²) < 4.78 is 0. The molecule has 1 fully saturated rings. The highest BCUT2D eigenvalue weighted by Gasteiger charge is 2.28. The maximum Gasteiger partial charge on any atom is 0.0988 e. The zero-order valence-electron chi connectivity index (χ0n) is 7.21. The minimum absolute atomic E-state index is 0.840. The summed E-state index contributed by atoms with van der Waals surface area (Å²) in [6.07, 6.45) is 6.62. The first-order valence-electron chi connectivity index (χ1n) is 4.64. The lowest BCUT2D eigenvalue weighted by molar-refractivity contribution is 0.469. The first-order chi connectivity index (χ1) is 5.38. The minimum atomic E-state index is 0.840. The molecule has 0 spiro atoms. The van der Waals surface area contributed by atoms with E-state index >= 15 is 0 Å².